The van der Waals surface area contributed by atoms with Crippen LogP contribution in [0.5, 0.6) is 0 Å². The van der Waals surface area contributed by atoms with E-state index >= 15 is 0 Å². The van der Waals surface area contributed by atoms with Crippen LogP contribution in [-0.2, 0) is 4.79 Å². The van der Waals surface area contributed by atoms with Crippen LogP contribution in [-0.4, -0.2) is 30.7 Å². The number of allylic oxidation sites excluding steroid dienone is 4. The fraction of sp³-hybridized carbons (Fsp3) is 0.375. The third-order valence-corrected chi connectivity index (χ3v) is 3.34. The molecule has 20 heavy (non-hydrogen) atoms. The van der Waals surface area contributed by atoms with E-state index in [4.69, 9.17) is 0 Å². The van der Waals surface area contributed by atoms with Crippen LogP contribution in [0.3, 0.4) is 0 Å². The molecule has 1 atom stereocenters. The first-order chi connectivity index (χ1) is 9.69. The predicted octanol–water partition coefficient (Wildman–Crippen LogP) is 2.77. The van der Waals surface area contributed by atoms with Gasteiger partial charge in [0, 0.05) is 13.1 Å². The Morgan fingerprint density at radius 1 is 1.40 bits per heavy atom. The molecule has 108 valence electrons. The van der Waals surface area contributed by atoms with Crippen molar-refractivity contribution in [3.63, 3.8) is 0 Å². The maximum absolute atomic E-state index is 11.3. The van der Waals surface area contributed by atoms with Gasteiger partial charge in [-0.3, -0.25) is 4.79 Å². The Bertz CT molecular complexity index is 472. The zero-order valence-electron chi connectivity index (χ0n) is 12.5. The van der Waals surface area contributed by atoms with Crippen molar-refractivity contribution in [3.05, 3.63) is 47.9 Å². The first-order valence-electron chi connectivity index (χ1n) is 6.78. The van der Waals surface area contributed by atoms with Crippen LogP contribution in [0.4, 0.5) is 0 Å². The Balaban J connectivity index is 2.80. The molecule has 0 radical (unpaired) electrons. The molecular weight excluding hydrogens is 250 g/mol. The second-order valence-electron chi connectivity index (χ2n) is 4.54. The molecule has 0 aromatic heterocycles. The molecule has 1 unspecified atom stereocenters. The molecule has 1 amide bonds. The van der Waals surface area contributed by atoms with Gasteiger partial charge in [-0.25, -0.2) is 4.99 Å². The van der Waals surface area contributed by atoms with Crippen LogP contribution in [0.25, 0.3) is 0 Å². The Hall–Kier alpha value is -2.10. The highest BCUT2D eigenvalue weighted by Crippen LogP contribution is 2.30. The summed E-state index contributed by atoms with van der Waals surface area (Å²) in [6.45, 7) is 7.73. The molecule has 1 rings (SSSR count). The lowest BCUT2D eigenvalue weighted by Crippen LogP contribution is -2.31. The summed E-state index contributed by atoms with van der Waals surface area (Å²) in [6.07, 6.45) is 11.9. The van der Waals surface area contributed by atoms with Gasteiger partial charge < -0.3 is 10.2 Å². The average molecular weight is 273 g/mol. The minimum Gasteiger partial charge on any atom is -0.373 e. The second kappa shape index (κ2) is 8.15. The van der Waals surface area contributed by atoms with Crippen LogP contribution >= 0.6 is 0 Å². The summed E-state index contributed by atoms with van der Waals surface area (Å²) >= 11 is 0. The molecule has 1 N–H and O–H groups in total. The first kappa shape index (κ1) is 16.0. The molecule has 4 nitrogen and oxygen atoms in total. The molecular formula is C16H23N3O. The van der Waals surface area contributed by atoms with Gasteiger partial charge in [-0.05, 0) is 43.9 Å². The van der Waals surface area contributed by atoms with E-state index in [0.29, 0.717) is 0 Å². The lowest BCUT2D eigenvalue weighted by molar-refractivity contribution is -0.115. The molecule has 0 aliphatic heterocycles. The van der Waals surface area contributed by atoms with Gasteiger partial charge in [-0.1, -0.05) is 24.8 Å². The summed E-state index contributed by atoms with van der Waals surface area (Å²) in [5.41, 5.74) is 2.45. The van der Waals surface area contributed by atoms with E-state index < -0.39 is 0 Å². The SMILES string of the molecule is C=CC1=C(/C=C\C)CC(N(C=O)/C=N\C(=C/C)NC)C1. The number of carbonyl (C=O) groups is 1. The zero-order valence-corrected chi connectivity index (χ0v) is 12.5. The van der Waals surface area contributed by atoms with Crippen molar-refractivity contribution in [1.82, 2.24) is 10.2 Å². The number of rotatable bonds is 7. The Morgan fingerprint density at radius 2 is 2.10 bits per heavy atom. The number of carbonyl (C=O) groups excluding carboxylic acids is 1. The van der Waals surface area contributed by atoms with Crippen molar-refractivity contribution in [1.29, 1.82) is 0 Å². The highest BCUT2D eigenvalue weighted by molar-refractivity contribution is 5.74. The van der Waals surface area contributed by atoms with Crippen molar-refractivity contribution >= 4 is 12.7 Å². The molecule has 4 heteroatoms. The lowest BCUT2D eigenvalue weighted by Gasteiger charge is -2.20. The summed E-state index contributed by atoms with van der Waals surface area (Å²) in [7, 11) is 1.80. The normalized spacial score (nSPS) is 19.9. The fourth-order valence-corrected chi connectivity index (χ4v) is 2.26. The summed E-state index contributed by atoms with van der Waals surface area (Å²) < 4.78 is 0. The van der Waals surface area contributed by atoms with Gasteiger partial charge in [-0.2, -0.15) is 0 Å². The van der Waals surface area contributed by atoms with Crippen LogP contribution in [0.1, 0.15) is 26.7 Å². The van der Waals surface area contributed by atoms with Crippen LogP contribution < -0.4 is 5.32 Å². The van der Waals surface area contributed by atoms with E-state index in [9.17, 15) is 4.79 Å². The first-order valence-corrected chi connectivity index (χ1v) is 6.78. The van der Waals surface area contributed by atoms with E-state index in [-0.39, 0.29) is 6.04 Å². The molecule has 0 heterocycles. The lowest BCUT2D eigenvalue weighted by atomic mass is 10.1. The molecule has 0 saturated heterocycles. The van der Waals surface area contributed by atoms with Gasteiger partial charge >= 0.3 is 0 Å². The predicted molar refractivity (Wildman–Crippen MR) is 84.3 cm³/mol. The number of hydrogen-bond donors (Lipinski definition) is 1. The summed E-state index contributed by atoms with van der Waals surface area (Å²) in [5.74, 6) is 0.737. The Morgan fingerprint density at radius 3 is 2.60 bits per heavy atom. The van der Waals surface area contributed by atoms with Gasteiger partial charge in [0.25, 0.3) is 0 Å². The van der Waals surface area contributed by atoms with Gasteiger partial charge in [0.1, 0.15) is 5.82 Å². The molecule has 1 aliphatic carbocycles. The summed E-state index contributed by atoms with van der Waals surface area (Å²) in [6, 6.07) is 0.116. The Kier molecular flexibility index (Phi) is 6.50. The second-order valence-corrected chi connectivity index (χ2v) is 4.54. The number of hydrogen-bond acceptors (Lipinski definition) is 3. The number of aliphatic imine (C=N–C) groups is 1. The van der Waals surface area contributed by atoms with Crippen molar-refractivity contribution in [2.75, 3.05) is 7.05 Å². The molecule has 0 fully saturated rings. The van der Waals surface area contributed by atoms with E-state index in [1.54, 1.807) is 18.3 Å². The smallest absolute Gasteiger partial charge is 0.215 e. The van der Waals surface area contributed by atoms with E-state index in [1.165, 1.54) is 11.1 Å². The van der Waals surface area contributed by atoms with Crippen LogP contribution in [0, 0.1) is 0 Å². The third-order valence-electron chi connectivity index (χ3n) is 3.34. The van der Waals surface area contributed by atoms with Crippen molar-refractivity contribution in [2.24, 2.45) is 4.99 Å². The molecule has 0 bridgehead atoms. The fourth-order valence-electron chi connectivity index (χ4n) is 2.26. The molecule has 0 aromatic rings. The van der Waals surface area contributed by atoms with Crippen LogP contribution in [0.15, 0.2) is 52.8 Å². The minimum absolute atomic E-state index is 0.116. The standard InChI is InChI=1S/C16H23N3O/c1-5-8-14-10-15(9-13(14)6-2)19(12-20)11-18-16(7-3)17-4/h5-8,11-12,15,17H,2,9-10H2,1,3-4H3/b8-5-,16-7-,18-11-. The minimum atomic E-state index is 0.116. The molecule has 0 aromatic carbocycles. The quantitative estimate of drug-likeness (QED) is 0.440. The van der Waals surface area contributed by atoms with Crippen molar-refractivity contribution in [2.45, 2.75) is 32.7 Å². The average Bonchev–Trinajstić information content (AvgIpc) is 2.87. The topological polar surface area (TPSA) is 44.7 Å². The van der Waals surface area contributed by atoms with Crippen LogP contribution in [0.2, 0.25) is 0 Å². The van der Waals surface area contributed by atoms with E-state index in [1.807, 2.05) is 32.1 Å². The largest absolute Gasteiger partial charge is 0.373 e. The van der Waals surface area contributed by atoms with Gasteiger partial charge in [-0.15, -0.1) is 0 Å². The maximum Gasteiger partial charge on any atom is 0.215 e. The number of nitrogens with one attached hydrogen (secondary N) is 1. The summed E-state index contributed by atoms with van der Waals surface area (Å²) in [5, 5.41) is 2.95. The van der Waals surface area contributed by atoms with Crippen molar-refractivity contribution < 1.29 is 4.79 Å². The third kappa shape index (κ3) is 3.95. The van der Waals surface area contributed by atoms with E-state index in [0.717, 1.165) is 25.1 Å². The highest BCUT2D eigenvalue weighted by atomic mass is 16.1. The molecule has 0 spiro atoms. The zero-order chi connectivity index (χ0) is 15.0. The van der Waals surface area contributed by atoms with E-state index in [2.05, 4.69) is 23.0 Å². The summed E-state index contributed by atoms with van der Waals surface area (Å²) in [4.78, 5) is 17.2. The van der Waals surface area contributed by atoms with Gasteiger partial charge in [0.15, 0.2) is 0 Å². The highest BCUT2D eigenvalue weighted by Gasteiger charge is 2.25. The molecule has 0 saturated carbocycles. The van der Waals surface area contributed by atoms with Gasteiger partial charge in [0.05, 0.1) is 6.34 Å². The number of nitrogens with zero attached hydrogens (tertiary/aromatic N) is 2. The monoisotopic (exact) mass is 273 g/mol. The Labute approximate surface area is 121 Å². The number of amides is 1. The van der Waals surface area contributed by atoms with Gasteiger partial charge in [0.2, 0.25) is 6.41 Å². The molecule has 1 aliphatic rings. The maximum atomic E-state index is 11.3. The van der Waals surface area contributed by atoms with Crippen molar-refractivity contribution in [3.8, 4) is 0 Å².